The van der Waals surface area contributed by atoms with E-state index in [0.29, 0.717) is 11.3 Å². The molecule has 136 valence electrons. The van der Waals surface area contributed by atoms with Gasteiger partial charge in [0.15, 0.2) is 5.96 Å². The zero-order chi connectivity index (χ0) is 18.8. The van der Waals surface area contributed by atoms with Gasteiger partial charge in [0.25, 0.3) is 5.91 Å². The van der Waals surface area contributed by atoms with Crippen molar-refractivity contribution in [2.75, 3.05) is 0 Å². The fourth-order valence-electron chi connectivity index (χ4n) is 3.64. The molecule has 0 atom stereocenters. The van der Waals surface area contributed by atoms with Crippen molar-refractivity contribution in [2.24, 2.45) is 27.2 Å². The van der Waals surface area contributed by atoms with Crippen LogP contribution in [-0.2, 0) is 0 Å². The molecule has 6 N–H and O–H groups in total. The van der Waals surface area contributed by atoms with Gasteiger partial charge in [-0.3, -0.25) is 4.79 Å². The summed E-state index contributed by atoms with van der Waals surface area (Å²) in [5.74, 6) is -0.151. The van der Waals surface area contributed by atoms with Gasteiger partial charge in [-0.25, -0.2) is 4.99 Å². The molecule has 0 radical (unpaired) electrons. The summed E-state index contributed by atoms with van der Waals surface area (Å²) in [5.41, 5.74) is 17.0. The fraction of sp³-hybridized carbons (Fsp3) is 0.500. The second-order valence-electron chi connectivity index (χ2n) is 7.67. The van der Waals surface area contributed by atoms with E-state index in [4.69, 9.17) is 17.2 Å². The van der Waals surface area contributed by atoms with Crippen molar-refractivity contribution < 1.29 is 4.79 Å². The van der Waals surface area contributed by atoms with E-state index in [0.717, 1.165) is 19.3 Å². The zero-order valence-electron chi connectivity index (χ0n) is 15.4. The number of aliphatic imine (C=N–C) groups is 2. The quantitative estimate of drug-likeness (QED) is 0.561. The maximum Gasteiger partial charge on any atom is 0.254 e. The molecule has 7 nitrogen and oxygen atoms in total. The summed E-state index contributed by atoms with van der Waals surface area (Å²) in [5, 5.41) is 0. The van der Waals surface area contributed by atoms with Crippen LogP contribution < -0.4 is 17.2 Å². The molecule has 2 rings (SSSR count). The Bertz CT molecular complexity index is 683. The highest BCUT2D eigenvalue weighted by molar-refractivity contribution is 5.96. The number of benzene rings is 1. The fourth-order valence-corrected chi connectivity index (χ4v) is 3.64. The molecule has 0 aliphatic carbocycles. The predicted octanol–water partition coefficient (Wildman–Crippen LogP) is 2.09. The number of carbonyl (C=O) groups excluding carboxylic acids is 1. The molecule has 1 amide bonds. The number of amides is 1. The molecule has 1 aliphatic rings. The molecule has 0 bridgehead atoms. The van der Waals surface area contributed by atoms with Gasteiger partial charge in [-0.05, 0) is 71.2 Å². The Morgan fingerprint density at radius 2 is 1.52 bits per heavy atom. The summed E-state index contributed by atoms with van der Waals surface area (Å²) in [6.07, 6.45) is 3.13. The van der Waals surface area contributed by atoms with Crippen LogP contribution in [-0.4, -0.2) is 33.8 Å². The van der Waals surface area contributed by atoms with Crippen LogP contribution in [0.15, 0.2) is 34.3 Å². The van der Waals surface area contributed by atoms with Crippen molar-refractivity contribution in [2.45, 2.75) is 58.0 Å². The lowest BCUT2D eigenvalue weighted by molar-refractivity contribution is -0.0111. The molecule has 0 spiro atoms. The van der Waals surface area contributed by atoms with Gasteiger partial charge in [0.1, 0.15) is 0 Å². The van der Waals surface area contributed by atoms with Gasteiger partial charge in [-0.2, -0.15) is 4.99 Å². The second kappa shape index (κ2) is 6.74. The van der Waals surface area contributed by atoms with Crippen LogP contribution in [0.25, 0.3) is 0 Å². The summed E-state index contributed by atoms with van der Waals surface area (Å²) in [6, 6.07) is 6.97. The van der Waals surface area contributed by atoms with E-state index < -0.39 is 0 Å². The maximum absolute atomic E-state index is 13.1. The first-order chi connectivity index (χ1) is 11.5. The second-order valence-corrected chi connectivity index (χ2v) is 7.67. The predicted molar refractivity (Wildman–Crippen MR) is 102 cm³/mol. The van der Waals surface area contributed by atoms with E-state index in [1.807, 2.05) is 4.90 Å². The number of likely N-dealkylation sites (tertiary alicyclic amines) is 1. The van der Waals surface area contributed by atoms with Crippen LogP contribution in [0.4, 0.5) is 5.69 Å². The van der Waals surface area contributed by atoms with Gasteiger partial charge < -0.3 is 22.1 Å². The lowest BCUT2D eigenvalue weighted by atomic mass is 9.79. The number of hydrogen-bond donors (Lipinski definition) is 3. The monoisotopic (exact) mass is 344 g/mol. The highest BCUT2D eigenvalue weighted by Gasteiger charge is 2.44. The largest absolute Gasteiger partial charge is 0.370 e. The highest BCUT2D eigenvalue weighted by atomic mass is 16.2. The Morgan fingerprint density at radius 1 is 1.00 bits per heavy atom. The summed E-state index contributed by atoms with van der Waals surface area (Å²) in [6.45, 7) is 8.50. The Balaban J connectivity index is 2.27. The van der Waals surface area contributed by atoms with Gasteiger partial charge in [0.05, 0.1) is 5.69 Å². The molecular formula is C18H28N6O. The third kappa shape index (κ3) is 4.29. The van der Waals surface area contributed by atoms with Crippen molar-refractivity contribution >= 4 is 23.5 Å². The Labute approximate surface area is 149 Å². The minimum atomic E-state index is -0.173. The van der Waals surface area contributed by atoms with Crippen LogP contribution in [0, 0.1) is 0 Å². The topological polar surface area (TPSA) is 123 Å². The first kappa shape index (κ1) is 18.8. The highest BCUT2D eigenvalue weighted by Crippen LogP contribution is 2.39. The SMILES string of the molecule is CC1(C)CCCC(C)(C)N1C(=O)c1ccc(N=C(N)N=C(N)N)cc1. The molecule has 1 fully saturated rings. The van der Waals surface area contributed by atoms with Gasteiger partial charge in [0, 0.05) is 16.6 Å². The Hall–Kier alpha value is -2.57. The Kier molecular flexibility index (Phi) is 5.06. The average Bonchev–Trinajstić information content (AvgIpc) is 2.44. The molecule has 0 saturated carbocycles. The minimum Gasteiger partial charge on any atom is -0.370 e. The summed E-state index contributed by atoms with van der Waals surface area (Å²) < 4.78 is 0. The van der Waals surface area contributed by atoms with Crippen molar-refractivity contribution in [1.29, 1.82) is 0 Å². The number of rotatable bonds is 2. The van der Waals surface area contributed by atoms with E-state index in [2.05, 4.69) is 37.7 Å². The molecule has 1 saturated heterocycles. The molecular weight excluding hydrogens is 316 g/mol. The third-order valence-corrected chi connectivity index (χ3v) is 4.59. The molecule has 1 aromatic rings. The average molecular weight is 344 g/mol. The van der Waals surface area contributed by atoms with E-state index in [-0.39, 0.29) is 28.9 Å². The molecule has 1 aliphatic heterocycles. The molecule has 1 heterocycles. The first-order valence-electron chi connectivity index (χ1n) is 8.41. The van der Waals surface area contributed by atoms with E-state index in [1.54, 1.807) is 24.3 Å². The first-order valence-corrected chi connectivity index (χ1v) is 8.41. The smallest absolute Gasteiger partial charge is 0.254 e. The van der Waals surface area contributed by atoms with Crippen LogP contribution in [0.1, 0.15) is 57.3 Å². The molecule has 0 aromatic heterocycles. The van der Waals surface area contributed by atoms with E-state index in [9.17, 15) is 4.79 Å². The van der Waals surface area contributed by atoms with Crippen molar-refractivity contribution in [3.8, 4) is 0 Å². The number of nitrogens with two attached hydrogens (primary N) is 3. The number of carbonyl (C=O) groups is 1. The van der Waals surface area contributed by atoms with Crippen LogP contribution in [0.2, 0.25) is 0 Å². The van der Waals surface area contributed by atoms with Gasteiger partial charge in [-0.1, -0.05) is 0 Å². The normalized spacial score (nSPS) is 19.4. The molecule has 25 heavy (non-hydrogen) atoms. The number of piperidine rings is 1. The van der Waals surface area contributed by atoms with Gasteiger partial charge >= 0.3 is 0 Å². The third-order valence-electron chi connectivity index (χ3n) is 4.59. The summed E-state index contributed by atoms with van der Waals surface area (Å²) >= 11 is 0. The maximum atomic E-state index is 13.1. The lowest BCUT2D eigenvalue weighted by Gasteiger charge is -2.53. The molecule has 0 unspecified atom stereocenters. The van der Waals surface area contributed by atoms with E-state index in [1.165, 1.54) is 0 Å². The number of hydrogen-bond acceptors (Lipinski definition) is 2. The lowest BCUT2D eigenvalue weighted by Crippen LogP contribution is -2.60. The van der Waals surface area contributed by atoms with Crippen LogP contribution >= 0.6 is 0 Å². The van der Waals surface area contributed by atoms with Crippen molar-refractivity contribution in [3.63, 3.8) is 0 Å². The van der Waals surface area contributed by atoms with Crippen LogP contribution in [0.5, 0.6) is 0 Å². The van der Waals surface area contributed by atoms with Crippen molar-refractivity contribution in [3.05, 3.63) is 29.8 Å². The summed E-state index contributed by atoms with van der Waals surface area (Å²) in [7, 11) is 0. The minimum absolute atomic E-state index is 0.0300. The number of guanidine groups is 2. The standard InChI is InChI=1S/C18H28N6O/c1-17(2)10-5-11-18(3,4)24(17)14(25)12-6-8-13(9-7-12)22-16(21)23-15(19)20/h6-9H,5,10-11H2,1-4H3,(H6,19,20,21,22,23). The summed E-state index contributed by atoms with van der Waals surface area (Å²) in [4.78, 5) is 22.9. The zero-order valence-corrected chi connectivity index (χ0v) is 15.4. The van der Waals surface area contributed by atoms with Gasteiger partial charge in [0.2, 0.25) is 5.96 Å². The number of nitrogens with zero attached hydrogens (tertiary/aromatic N) is 3. The van der Waals surface area contributed by atoms with Gasteiger partial charge in [-0.15, -0.1) is 0 Å². The molecule has 7 heteroatoms. The molecule has 1 aromatic carbocycles. The Morgan fingerprint density at radius 3 is 2.00 bits per heavy atom. The van der Waals surface area contributed by atoms with Crippen molar-refractivity contribution in [1.82, 2.24) is 4.90 Å². The van der Waals surface area contributed by atoms with E-state index >= 15 is 0 Å². The van der Waals surface area contributed by atoms with Crippen LogP contribution in [0.3, 0.4) is 0 Å².